The van der Waals surface area contributed by atoms with Crippen LogP contribution in [-0.2, 0) is 0 Å². The first-order chi connectivity index (χ1) is 7.06. The number of benzene rings is 1. The van der Waals surface area contributed by atoms with Gasteiger partial charge in [-0.3, -0.25) is 0 Å². The number of hydrogen-bond donors (Lipinski definition) is 3. The van der Waals surface area contributed by atoms with Crippen molar-refractivity contribution < 1.29 is 15.3 Å². The molecule has 0 aliphatic carbocycles. The van der Waals surface area contributed by atoms with E-state index in [0.29, 0.717) is 10.6 Å². The first-order valence-corrected chi connectivity index (χ1v) is 5.65. The molecule has 0 amide bonds. The second-order valence-electron chi connectivity index (χ2n) is 3.20. The van der Waals surface area contributed by atoms with Gasteiger partial charge in [0.05, 0.1) is 11.1 Å². The molecular formula is C10H12BrClO3. The molecule has 3 N–H and O–H groups in total. The second-order valence-corrected chi connectivity index (χ2v) is 4.46. The molecule has 0 saturated carbocycles. The molecule has 5 heteroatoms. The molecule has 2 atom stereocenters. The van der Waals surface area contributed by atoms with E-state index in [9.17, 15) is 10.2 Å². The van der Waals surface area contributed by atoms with Gasteiger partial charge in [-0.25, -0.2) is 0 Å². The Bertz CT molecular complexity index is 332. The molecule has 0 spiro atoms. The molecule has 0 bridgehead atoms. The molecule has 1 rings (SSSR count). The molecule has 0 radical (unpaired) electrons. The Morgan fingerprint density at radius 3 is 2.53 bits per heavy atom. The molecule has 0 saturated heterocycles. The summed E-state index contributed by atoms with van der Waals surface area (Å²) in [5.74, 6) is 0. The van der Waals surface area contributed by atoms with Gasteiger partial charge in [0.15, 0.2) is 0 Å². The van der Waals surface area contributed by atoms with Gasteiger partial charge in [0.1, 0.15) is 6.10 Å². The quantitative estimate of drug-likeness (QED) is 0.795. The largest absolute Gasteiger partial charge is 0.396 e. The normalized spacial score (nSPS) is 15.0. The highest BCUT2D eigenvalue weighted by atomic mass is 79.9. The maximum atomic E-state index is 9.70. The van der Waals surface area contributed by atoms with Gasteiger partial charge in [-0.15, -0.1) is 0 Å². The van der Waals surface area contributed by atoms with E-state index in [4.69, 9.17) is 16.7 Å². The minimum Gasteiger partial charge on any atom is -0.396 e. The summed E-state index contributed by atoms with van der Waals surface area (Å²) in [5, 5.41) is 28.3. The van der Waals surface area contributed by atoms with Crippen LogP contribution in [0.15, 0.2) is 22.7 Å². The fourth-order valence-electron chi connectivity index (χ4n) is 1.21. The van der Waals surface area contributed by atoms with Crippen molar-refractivity contribution in [3.8, 4) is 0 Å². The molecule has 2 unspecified atom stereocenters. The van der Waals surface area contributed by atoms with Crippen LogP contribution in [0.1, 0.15) is 18.1 Å². The van der Waals surface area contributed by atoms with E-state index in [1.807, 2.05) is 0 Å². The summed E-state index contributed by atoms with van der Waals surface area (Å²) in [6, 6.07) is 4.95. The van der Waals surface area contributed by atoms with E-state index in [1.165, 1.54) is 0 Å². The monoisotopic (exact) mass is 294 g/mol. The van der Waals surface area contributed by atoms with Gasteiger partial charge in [-0.1, -0.05) is 17.7 Å². The topological polar surface area (TPSA) is 60.7 Å². The van der Waals surface area contributed by atoms with Crippen LogP contribution in [0.3, 0.4) is 0 Å². The van der Waals surface area contributed by atoms with Crippen molar-refractivity contribution in [2.75, 3.05) is 6.61 Å². The zero-order valence-electron chi connectivity index (χ0n) is 7.90. The average Bonchev–Trinajstić information content (AvgIpc) is 2.21. The predicted octanol–water partition coefficient (Wildman–Crippen LogP) is 1.88. The highest BCUT2D eigenvalue weighted by Gasteiger charge is 2.18. The lowest BCUT2D eigenvalue weighted by Gasteiger charge is -2.17. The number of aliphatic hydroxyl groups is 3. The SMILES string of the molecule is OCCC(O)C(O)c1ccc(Br)c(Cl)c1. The van der Waals surface area contributed by atoms with E-state index in [0.717, 1.165) is 4.47 Å². The Hall–Kier alpha value is -0.130. The van der Waals surface area contributed by atoms with Gasteiger partial charge in [0.25, 0.3) is 0 Å². The number of rotatable bonds is 4. The predicted molar refractivity (Wildman–Crippen MR) is 61.8 cm³/mol. The van der Waals surface area contributed by atoms with Crippen molar-refractivity contribution in [1.29, 1.82) is 0 Å². The summed E-state index contributed by atoms with van der Waals surface area (Å²) in [5.41, 5.74) is 0.532. The summed E-state index contributed by atoms with van der Waals surface area (Å²) < 4.78 is 0.733. The number of halogens is 2. The molecule has 1 aromatic rings. The third-order valence-corrected chi connectivity index (χ3v) is 3.31. The summed E-state index contributed by atoms with van der Waals surface area (Å²) in [6.07, 6.45) is -1.87. The molecule has 3 nitrogen and oxygen atoms in total. The Kier molecular flexibility index (Phi) is 5.02. The summed E-state index contributed by atoms with van der Waals surface area (Å²) in [4.78, 5) is 0. The fraction of sp³-hybridized carbons (Fsp3) is 0.400. The van der Waals surface area contributed by atoms with E-state index >= 15 is 0 Å². The highest BCUT2D eigenvalue weighted by Crippen LogP contribution is 2.27. The van der Waals surface area contributed by atoms with Crippen LogP contribution in [0.2, 0.25) is 5.02 Å². The molecule has 0 heterocycles. The summed E-state index contributed by atoms with van der Waals surface area (Å²) in [7, 11) is 0. The Morgan fingerprint density at radius 1 is 1.33 bits per heavy atom. The lowest BCUT2D eigenvalue weighted by molar-refractivity contribution is 0.00422. The van der Waals surface area contributed by atoms with E-state index in [-0.39, 0.29) is 13.0 Å². The summed E-state index contributed by atoms with van der Waals surface area (Å²) in [6.45, 7) is -0.164. The number of aliphatic hydroxyl groups excluding tert-OH is 3. The lowest BCUT2D eigenvalue weighted by atomic mass is 10.0. The zero-order valence-corrected chi connectivity index (χ0v) is 10.2. The van der Waals surface area contributed by atoms with Crippen LogP contribution in [0.25, 0.3) is 0 Å². The number of hydrogen-bond acceptors (Lipinski definition) is 3. The average molecular weight is 296 g/mol. The van der Waals surface area contributed by atoms with Crippen LogP contribution in [-0.4, -0.2) is 28.0 Å². The molecule has 0 fully saturated rings. The Morgan fingerprint density at radius 2 is 2.00 bits per heavy atom. The van der Waals surface area contributed by atoms with E-state index in [2.05, 4.69) is 15.9 Å². The van der Waals surface area contributed by atoms with Gasteiger partial charge in [0, 0.05) is 11.1 Å². The molecule has 1 aromatic carbocycles. The van der Waals surface area contributed by atoms with E-state index < -0.39 is 12.2 Å². The van der Waals surface area contributed by atoms with Crippen molar-refractivity contribution in [3.63, 3.8) is 0 Å². The van der Waals surface area contributed by atoms with Gasteiger partial charge in [-0.2, -0.15) is 0 Å². The third-order valence-electron chi connectivity index (χ3n) is 2.07. The maximum Gasteiger partial charge on any atom is 0.105 e. The van der Waals surface area contributed by atoms with Crippen molar-refractivity contribution >= 4 is 27.5 Å². The van der Waals surface area contributed by atoms with Crippen molar-refractivity contribution in [2.24, 2.45) is 0 Å². The summed E-state index contributed by atoms with van der Waals surface area (Å²) >= 11 is 9.08. The van der Waals surface area contributed by atoms with Crippen LogP contribution in [0.4, 0.5) is 0 Å². The third kappa shape index (κ3) is 3.43. The molecule has 0 aromatic heterocycles. The van der Waals surface area contributed by atoms with Crippen molar-refractivity contribution in [3.05, 3.63) is 33.3 Å². The Labute approximate surface area is 101 Å². The molecule has 0 aliphatic rings. The van der Waals surface area contributed by atoms with Crippen LogP contribution in [0, 0.1) is 0 Å². The Balaban J connectivity index is 2.81. The van der Waals surface area contributed by atoms with Gasteiger partial charge in [0.2, 0.25) is 0 Å². The van der Waals surface area contributed by atoms with Crippen LogP contribution < -0.4 is 0 Å². The van der Waals surface area contributed by atoms with Crippen LogP contribution >= 0.6 is 27.5 Å². The zero-order chi connectivity index (χ0) is 11.4. The van der Waals surface area contributed by atoms with Crippen molar-refractivity contribution in [2.45, 2.75) is 18.6 Å². The first kappa shape index (κ1) is 12.9. The molecular weight excluding hydrogens is 283 g/mol. The van der Waals surface area contributed by atoms with Gasteiger partial charge in [-0.05, 0) is 40.0 Å². The smallest absolute Gasteiger partial charge is 0.105 e. The van der Waals surface area contributed by atoms with Crippen molar-refractivity contribution in [1.82, 2.24) is 0 Å². The second kappa shape index (κ2) is 5.82. The molecule has 15 heavy (non-hydrogen) atoms. The van der Waals surface area contributed by atoms with Gasteiger partial charge < -0.3 is 15.3 Å². The highest BCUT2D eigenvalue weighted by molar-refractivity contribution is 9.10. The lowest BCUT2D eigenvalue weighted by Crippen LogP contribution is -2.19. The van der Waals surface area contributed by atoms with Gasteiger partial charge >= 0.3 is 0 Å². The molecule has 84 valence electrons. The first-order valence-electron chi connectivity index (χ1n) is 4.48. The fourth-order valence-corrected chi connectivity index (χ4v) is 1.64. The van der Waals surface area contributed by atoms with Crippen LogP contribution in [0.5, 0.6) is 0 Å². The molecule has 0 aliphatic heterocycles. The van der Waals surface area contributed by atoms with E-state index in [1.54, 1.807) is 18.2 Å². The minimum absolute atomic E-state index is 0.134. The standard InChI is InChI=1S/C10H12BrClO3/c11-7-2-1-6(5-8(7)12)10(15)9(14)3-4-13/h1-2,5,9-10,13-15H,3-4H2. The minimum atomic E-state index is -1.03. The maximum absolute atomic E-state index is 9.70.